The standard InChI is InChI=1S/C21H23N3O4/c1-4-28-17-11-9-16(10-12-17)24-19(25)13-18(21(24)27)22-15-7-5-14(6-8-15)20(26)23(2)3/h5-12,18,22H,4,13H2,1-3H3/t18-/m1/s1. The van der Waals surface area contributed by atoms with Gasteiger partial charge in [-0.3, -0.25) is 14.4 Å². The highest BCUT2D eigenvalue weighted by Crippen LogP contribution is 2.27. The van der Waals surface area contributed by atoms with E-state index in [4.69, 9.17) is 4.74 Å². The first-order chi connectivity index (χ1) is 13.4. The Labute approximate surface area is 163 Å². The van der Waals surface area contributed by atoms with Crippen molar-refractivity contribution in [2.24, 2.45) is 0 Å². The molecule has 7 heteroatoms. The van der Waals surface area contributed by atoms with Gasteiger partial charge in [0.1, 0.15) is 11.8 Å². The Kier molecular flexibility index (Phi) is 5.63. The number of carbonyl (C=O) groups excluding carboxylic acids is 3. The minimum Gasteiger partial charge on any atom is -0.494 e. The molecule has 1 N–H and O–H groups in total. The third-order valence-electron chi connectivity index (χ3n) is 4.43. The Morgan fingerprint density at radius 1 is 1.11 bits per heavy atom. The first-order valence-electron chi connectivity index (χ1n) is 9.08. The van der Waals surface area contributed by atoms with Crippen LogP contribution in [-0.2, 0) is 9.59 Å². The normalized spacial score (nSPS) is 16.2. The molecule has 0 spiro atoms. The molecule has 3 amide bonds. The maximum atomic E-state index is 12.7. The van der Waals surface area contributed by atoms with Gasteiger partial charge in [0.2, 0.25) is 5.91 Å². The number of hydrogen-bond donors (Lipinski definition) is 1. The summed E-state index contributed by atoms with van der Waals surface area (Å²) in [5.41, 5.74) is 1.75. The van der Waals surface area contributed by atoms with Gasteiger partial charge in [-0.2, -0.15) is 0 Å². The zero-order chi connectivity index (χ0) is 20.3. The highest BCUT2D eigenvalue weighted by molar-refractivity contribution is 6.23. The lowest BCUT2D eigenvalue weighted by atomic mass is 10.1. The number of rotatable bonds is 6. The molecule has 1 saturated heterocycles. The topological polar surface area (TPSA) is 79.0 Å². The van der Waals surface area contributed by atoms with E-state index in [2.05, 4.69) is 5.32 Å². The van der Waals surface area contributed by atoms with Crippen LogP contribution in [-0.4, -0.2) is 49.4 Å². The molecule has 0 aliphatic carbocycles. The van der Waals surface area contributed by atoms with Gasteiger partial charge in [0.05, 0.1) is 18.7 Å². The number of hydrogen-bond acceptors (Lipinski definition) is 5. The van der Waals surface area contributed by atoms with Gasteiger partial charge in [-0.05, 0) is 55.5 Å². The van der Waals surface area contributed by atoms with E-state index in [1.165, 1.54) is 9.80 Å². The summed E-state index contributed by atoms with van der Waals surface area (Å²) in [6.45, 7) is 2.44. The minimum atomic E-state index is -0.644. The fourth-order valence-electron chi connectivity index (χ4n) is 3.04. The zero-order valence-corrected chi connectivity index (χ0v) is 16.1. The molecule has 28 heavy (non-hydrogen) atoms. The molecule has 0 bridgehead atoms. The monoisotopic (exact) mass is 381 g/mol. The van der Waals surface area contributed by atoms with Crippen molar-refractivity contribution in [1.82, 2.24) is 4.90 Å². The molecule has 1 aliphatic heterocycles. The molecule has 3 rings (SSSR count). The Hall–Kier alpha value is -3.35. The molecule has 0 unspecified atom stereocenters. The number of nitrogens with zero attached hydrogens (tertiary/aromatic N) is 2. The highest BCUT2D eigenvalue weighted by atomic mass is 16.5. The average Bonchev–Trinajstić information content (AvgIpc) is 2.96. The molecule has 1 atom stereocenters. The fraction of sp³-hybridized carbons (Fsp3) is 0.286. The van der Waals surface area contributed by atoms with E-state index in [9.17, 15) is 14.4 Å². The summed E-state index contributed by atoms with van der Waals surface area (Å²) in [4.78, 5) is 39.8. The second-order valence-electron chi connectivity index (χ2n) is 6.67. The predicted molar refractivity (Wildman–Crippen MR) is 107 cm³/mol. The number of carbonyl (C=O) groups is 3. The van der Waals surface area contributed by atoms with Crippen LogP contribution in [0.2, 0.25) is 0 Å². The Balaban J connectivity index is 1.70. The van der Waals surface area contributed by atoms with E-state index >= 15 is 0 Å². The molecule has 1 fully saturated rings. The molecule has 1 aliphatic rings. The van der Waals surface area contributed by atoms with Crippen molar-refractivity contribution in [3.05, 3.63) is 54.1 Å². The van der Waals surface area contributed by atoms with E-state index in [0.717, 1.165) is 0 Å². The molecule has 0 radical (unpaired) electrons. The summed E-state index contributed by atoms with van der Waals surface area (Å²) < 4.78 is 5.39. The second kappa shape index (κ2) is 8.12. The minimum absolute atomic E-state index is 0.0738. The van der Waals surface area contributed by atoms with Crippen LogP contribution in [0.15, 0.2) is 48.5 Å². The molecule has 2 aromatic rings. The van der Waals surface area contributed by atoms with Crippen LogP contribution in [0.25, 0.3) is 0 Å². The summed E-state index contributed by atoms with van der Waals surface area (Å²) in [6, 6.07) is 13.1. The van der Waals surface area contributed by atoms with Crippen LogP contribution in [0.5, 0.6) is 5.75 Å². The van der Waals surface area contributed by atoms with Crippen molar-refractivity contribution < 1.29 is 19.1 Å². The lowest BCUT2D eigenvalue weighted by Crippen LogP contribution is -2.34. The van der Waals surface area contributed by atoms with Gasteiger partial charge in [0.15, 0.2) is 0 Å². The number of benzene rings is 2. The van der Waals surface area contributed by atoms with Crippen molar-refractivity contribution in [3.63, 3.8) is 0 Å². The van der Waals surface area contributed by atoms with Crippen molar-refractivity contribution in [1.29, 1.82) is 0 Å². The van der Waals surface area contributed by atoms with E-state index in [0.29, 0.717) is 29.3 Å². The molecule has 146 valence electrons. The third-order valence-corrected chi connectivity index (χ3v) is 4.43. The maximum Gasteiger partial charge on any atom is 0.256 e. The molecule has 1 heterocycles. The van der Waals surface area contributed by atoms with Gasteiger partial charge in [-0.15, -0.1) is 0 Å². The Morgan fingerprint density at radius 2 is 1.75 bits per heavy atom. The molecule has 0 aromatic heterocycles. The van der Waals surface area contributed by atoms with Crippen molar-refractivity contribution in [2.75, 3.05) is 30.9 Å². The maximum absolute atomic E-state index is 12.7. The summed E-state index contributed by atoms with van der Waals surface area (Å²) >= 11 is 0. The molecular formula is C21H23N3O4. The van der Waals surface area contributed by atoms with Crippen LogP contribution in [0.4, 0.5) is 11.4 Å². The third kappa shape index (κ3) is 3.98. The lowest BCUT2D eigenvalue weighted by molar-refractivity contribution is -0.121. The molecule has 2 aromatic carbocycles. The van der Waals surface area contributed by atoms with E-state index in [1.807, 2.05) is 6.92 Å². The SMILES string of the molecule is CCOc1ccc(N2C(=O)C[C@@H](Nc3ccc(C(=O)N(C)C)cc3)C2=O)cc1. The fourth-order valence-corrected chi connectivity index (χ4v) is 3.04. The highest BCUT2D eigenvalue weighted by Gasteiger charge is 2.39. The number of amides is 3. The first-order valence-corrected chi connectivity index (χ1v) is 9.08. The van der Waals surface area contributed by atoms with E-state index < -0.39 is 6.04 Å². The summed E-state index contributed by atoms with van der Waals surface area (Å²) in [5, 5.41) is 3.09. The number of imide groups is 1. The second-order valence-corrected chi connectivity index (χ2v) is 6.67. The van der Waals surface area contributed by atoms with Crippen LogP contribution in [0.1, 0.15) is 23.7 Å². The summed E-state index contributed by atoms with van der Waals surface area (Å²) in [6.07, 6.45) is 0.0738. The Morgan fingerprint density at radius 3 is 2.32 bits per heavy atom. The van der Waals surface area contributed by atoms with Gasteiger partial charge < -0.3 is 15.0 Å². The van der Waals surface area contributed by atoms with Crippen LogP contribution in [0.3, 0.4) is 0 Å². The van der Waals surface area contributed by atoms with Gasteiger partial charge >= 0.3 is 0 Å². The smallest absolute Gasteiger partial charge is 0.256 e. The summed E-state index contributed by atoms with van der Waals surface area (Å²) in [7, 11) is 3.37. The lowest BCUT2D eigenvalue weighted by Gasteiger charge is -2.17. The van der Waals surface area contributed by atoms with Gasteiger partial charge in [-0.1, -0.05) is 0 Å². The number of nitrogens with one attached hydrogen (secondary N) is 1. The van der Waals surface area contributed by atoms with Gasteiger partial charge in [0.25, 0.3) is 11.8 Å². The number of ether oxygens (including phenoxy) is 1. The van der Waals surface area contributed by atoms with Crippen molar-refractivity contribution >= 4 is 29.1 Å². The molecule has 0 saturated carbocycles. The summed E-state index contributed by atoms with van der Waals surface area (Å²) in [5.74, 6) is 0.0291. The van der Waals surface area contributed by atoms with Crippen LogP contribution >= 0.6 is 0 Å². The number of anilines is 2. The van der Waals surface area contributed by atoms with Crippen LogP contribution in [0, 0.1) is 0 Å². The van der Waals surface area contributed by atoms with E-state index in [-0.39, 0.29) is 24.1 Å². The van der Waals surface area contributed by atoms with Crippen molar-refractivity contribution in [3.8, 4) is 5.75 Å². The molecule has 7 nitrogen and oxygen atoms in total. The predicted octanol–water partition coefficient (Wildman–Crippen LogP) is 2.53. The Bertz CT molecular complexity index is 876. The van der Waals surface area contributed by atoms with Crippen LogP contribution < -0.4 is 15.0 Å². The van der Waals surface area contributed by atoms with Crippen molar-refractivity contribution in [2.45, 2.75) is 19.4 Å². The average molecular weight is 381 g/mol. The first kappa shape index (κ1) is 19.4. The van der Waals surface area contributed by atoms with E-state index in [1.54, 1.807) is 62.6 Å². The van der Waals surface area contributed by atoms with Gasteiger partial charge in [-0.25, -0.2) is 4.90 Å². The van der Waals surface area contributed by atoms with Gasteiger partial charge in [0, 0.05) is 25.3 Å². The zero-order valence-electron chi connectivity index (χ0n) is 16.1. The largest absolute Gasteiger partial charge is 0.494 e. The quantitative estimate of drug-likeness (QED) is 0.778. The molecular weight excluding hydrogens is 358 g/mol.